The fourth-order valence-electron chi connectivity index (χ4n) is 1.97. The fraction of sp³-hybridized carbons (Fsp3) is 0. The Balaban J connectivity index is 0.00000120. The zero-order valence-electron chi connectivity index (χ0n) is 9.21. The van der Waals surface area contributed by atoms with Gasteiger partial charge in [-0.05, 0) is 17.0 Å². The molecular formula is C13H9ClN2O2. The number of benzene rings is 1. The number of pyridine rings is 1. The van der Waals surface area contributed by atoms with E-state index >= 15 is 0 Å². The van der Waals surface area contributed by atoms with Crippen molar-refractivity contribution in [1.82, 2.24) is 10.3 Å². The first-order valence-electron chi connectivity index (χ1n) is 5.16. The van der Waals surface area contributed by atoms with Crippen LogP contribution < -0.4 is 5.32 Å². The van der Waals surface area contributed by atoms with Gasteiger partial charge in [0.15, 0.2) is 0 Å². The number of nitrogens with zero attached hydrogens (tertiary/aromatic N) is 1. The average molecular weight is 261 g/mol. The van der Waals surface area contributed by atoms with Crippen LogP contribution in [0.5, 0.6) is 0 Å². The topological polar surface area (TPSA) is 59.1 Å². The second kappa shape index (κ2) is 4.58. The van der Waals surface area contributed by atoms with Crippen LogP contribution in [0.1, 0.15) is 5.56 Å². The van der Waals surface area contributed by atoms with E-state index < -0.39 is 0 Å². The third kappa shape index (κ3) is 1.87. The number of rotatable bonds is 1. The molecule has 0 aliphatic carbocycles. The molecule has 4 nitrogen and oxygen atoms in total. The molecular weight excluding hydrogens is 252 g/mol. The molecule has 1 aromatic heterocycles. The number of halogens is 1. The van der Waals surface area contributed by atoms with E-state index in [4.69, 9.17) is 0 Å². The van der Waals surface area contributed by atoms with Gasteiger partial charge in [0.05, 0.1) is 5.57 Å². The molecule has 1 aromatic carbocycles. The normalized spacial score (nSPS) is 14.1. The van der Waals surface area contributed by atoms with Crippen LogP contribution in [0.15, 0.2) is 42.7 Å². The molecule has 2 aromatic rings. The summed E-state index contributed by atoms with van der Waals surface area (Å²) in [4.78, 5) is 26.8. The smallest absolute Gasteiger partial charge is 0.258 e. The lowest BCUT2D eigenvalue weighted by Gasteiger charge is -2.05. The van der Waals surface area contributed by atoms with Gasteiger partial charge in [0.25, 0.3) is 11.8 Å². The molecule has 3 rings (SSSR count). The number of fused-ring (bicyclic) bond motifs is 1. The number of nitrogens with one attached hydrogen (secondary N) is 1. The van der Waals surface area contributed by atoms with Crippen molar-refractivity contribution in [2.75, 3.05) is 0 Å². The summed E-state index contributed by atoms with van der Waals surface area (Å²) in [6, 6.07) is 7.42. The van der Waals surface area contributed by atoms with Crippen LogP contribution in [0, 0.1) is 0 Å². The molecule has 5 heteroatoms. The maximum atomic E-state index is 11.6. The quantitative estimate of drug-likeness (QED) is 0.794. The van der Waals surface area contributed by atoms with Crippen molar-refractivity contribution in [1.29, 1.82) is 0 Å². The van der Waals surface area contributed by atoms with Gasteiger partial charge < -0.3 is 0 Å². The molecule has 1 N–H and O–H groups in total. The van der Waals surface area contributed by atoms with Crippen LogP contribution in [0.3, 0.4) is 0 Å². The monoisotopic (exact) mass is 260 g/mol. The van der Waals surface area contributed by atoms with Gasteiger partial charge in [-0.15, -0.1) is 12.4 Å². The van der Waals surface area contributed by atoms with Crippen molar-refractivity contribution in [3.63, 3.8) is 0 Å². The number of carbonyl (C=O) groups is 2. The zero-order valence-corrected chi connectivity index (χ0v) is 10.0. The molecule has 1 aliphatic heterocycles. The van der Waals surface area contributed by atoms with Crippen molar-refractivity contribution in [2.24, 2.45) is 0 Å². The number of carbonyl (C=O) groups excluding carboxylic acids is 2. The number of hydrogen-bond donors (Lipinski definition) is 1. The third-order valence-corrected chi connectivity index (χ3v) is 2.73. The lowest BCUT2D eigenvalue weighted by Crippen LogP contribution is -2.21. The van der Waals surface area contributed by atoms with Gasteiger partial charge in [-0.2, -0.15) is 0 Å². The predicted octanol–water partition coefficient (Wildman–Crippen LogP) is 1.70. The summed E-state index contributed by atoms with van der Waals surface area (Å²) in [5.41, 5.74) is 1.17. The fourth-order valence-corrected chi connectivity index (χ4v) is 1.97. The van der Waals surface area contributed by atoms with Crippen LogP contribution in [-0.4, -0.2) is 16.8 Å². The second-order valence-electron chi connectivity index (χ2n) is 3.78. The van der Waals surface area contributed by atoms with Gasteiger partial charge in [0.2, 0.25) is 0 Å². The SMILES string of the molecule is Cl.O=C1C=C(c2cccc3cnccc23)C(=O)N1. The molecule has 90 valence electrons. The maximum Gasteiger partial charge on any atom is 0.258 e. The molecule has 0 atom stereocenters. The highest BCUT2D eigenvalue weighted by Gasteiger charge is 2.23. The van der Waals surface area contributed by atoms with E-state index in [1.54, 1.807) is 12.4 Å². The Morgan fingerprint density at radius 2 is 1.94 bits per heavy atom. The van der Waals surface area contributed by atoms with E-state index in [9.17, 15) is 9.59 Å². The highest BCUT2D eigenvalue weighted by molar-refractivity contribution is 6.35. The molecule has 0 fully saturated rings. The molecule has 0 radical (unpaired) electrons. The highest BCUT2D eigenvalue weighted by atomic mass is 35.5. The van der Waals surface area contributed by atoms with Crippen LogP contribution in [-0.2, 0) is 9.59 Å². The Labute approximate surface area is 109 Å². The Bertz CT molecular complexity index is 674. The number of imide groups is 1. The first kappa shape index (κ1) is 12.3. The highest BCUT2D eigenvalue weighted by Crippen LogP contribution is 2.26. The van der Waals surface area contributed by atoms with Crippen molar-refractivity contribution in [2.45, 2.75) is 0 Å². The first-order chi connectivity index (χ1) is 8.25. The Hall–Kier alpha value is -2.20. The molecule has 2 amide bonds. The Kier molecular flexibility index (Phi) is 3.12. The van der Waals surface area contributed by atoms with Gasteiger partial charge in [-0.3, -0.25) is 19.9 Å². The lowest BCUT2D eigenvalue weighted by atomic mass is 10.00. The van der Waals surface area contributed by atoms with Gasteiger partial charge in [-0.1, -0.05) is 18.2 Å². The standard InChI is InChI=1S/C13H8N2O2.ClH/c16-12-6-11(13(17)15-12)10-3-1-2-8-7-14-5-4-9(8)10;/h1-7H,(H,15,16,17);1H. The molecule has 0 saturated carbocycles. The molecule has 1 aliphatic rings. The zero-order chi connectivity index (χ0) is 11.8. The minimum atomic E-state index is -0.365. The molecule has 0 unspecified atom stereocenters. The summed E-state index contributed by atoms with van der Waals surface area (Å²) < 4.78 is 0. The van der Waals surface area contributed by atoms with Crippen molar-refractivity contribution >= 4 is 40.6 Å². The summed E-state index contributed by atoms with van der Waals surface area (Å²) in [6.45, 7) is 0. The summed E-state index contributed by atoms with van der Waals surface area (Å²) in [7, 11) is 0. The molecule has 2 heterocycles. The summed E-state index contributed by atoms with van der Waals surface area (Å²) in [5, 5.41) is 4.10. The molecule has 0 bridgehead atoms. The van der Waals surface area contributed by atoms with E-state index in [0.29, 0.717) is 5.57 Å². The summed E-state index contributed by atoms with van der Waals surface area (Å²) in [5.74, 6) is -0.713. The van der Waals surface area contributed by atoms with Gasteiger partial charge in [0.1, 0.15) is 0 Å². The maximum absolute atomic E-state index is 11.6. The predicted molar refractivity (Wildman–Crippen MR) is 70.1 cm³/mol. The largest absolute Gasteiger partial charge is 0.289 e. The molecule has 0 spiro atoms. The number of aromatic nitrogens is 1. The number of amides is 2. The minimum absolute atomic E-state index is 0. The second-order valence-corrected chi connectivity index (χ2v) is 3.78. The van der Waals surface area contributed by atoms with Gasteiger partial charge in [0, 0.05) is 23.9 Å². The lowest BCUT2D eigenvalue weighted by molar-refractivity contribution is -0.123. The van der Waals surface area contributed by atoms with Crippen molar-refractivity contribution in [3.05, 3.63) is 48.3 Å². The van der Waals surface area contributed by atoms with E-state index in [1.807, 2.05) is 24.3 Å². The Morgan fingerprint density at radius 3 is 2.67 bits per heavy atom. The van der Waals surface area contributed by atoms with Gasteiger partial charge in [-0.25, -0.2) is 0 Å². The minimum Gasteiger partial charge on any atom is -0.289 e. The van der Waals surface area contributed by atoms with Crippen molar-refractivity contribution < 1.29 is 9.59 Å². The van der Waals surface area contributed by atoms with Gasteiger partial charge >= 0.3 is 0 Å². The van der Waals surface area contributed by atoms with Crippen LogP contribution in [0.25, 0.3) is 16.3 Å². The molecule has 18 heavy (non-hydrogen) atoms. The van der Waals surface area contributed by atoms with Crippen LogP contribution in [0.2, 0.25) is 0 Å². The van der Waals surface area contributed by atoms with E-state index in [1.165, 1.54) is 6.08 Å². The Morgan fingerprint density at radius 1 is 1.11 bits per heavy atom. The van der Waals surface area contributed by atoms with Crippen LogP contribution in [0.4, 0.5) is 0 Å². The van der Waals surface area contributed by atoms with Crippen LogP contribution >= 0.6 is 12.4 Å². The molecule has 0 saturated heterocycles. The summed E-state index contributed by atoms with van der Waals surface area (Å²) >= 11 is 0. The van der Waals surface area contributed by atoms with E-state index in [2.05, 4.69) is 10.3 Å². The van der Waals surface area contributed by atoms with E-state index in [-0.39, 0.29) is 24.2 Å². The first-order valence-corrected chi connectivity index (χ1v) is 5.16. The van der Waals surface area contributed by atoms with Crippen molar-refractivity contribution in [3.8, 4) is 0 Å². The number of hydrogen-bond acceptors (Lipinski definition) is 3. The average Bonchev–Trinajstić information content (AvgIpc) is 2.68. The summed E-state index contributed by atoms with van der Waals surface area (Å²) in [6.07, 6.45) is 4.73. The van der Waals surface area contributed by atoms with E-state index in [0.717, 1.165) is 16.3 Å². The third-order valence-electron chi connectivity index (χ3n) is 2.73.